The van der Waals surface area contributed by atoms with Gasteiger partial charge in [0.25, 0.3) is 0 Å². The zero-order chi connectivity index (χ0) is 17.4. The fourth-order valence-corrected chi connectivity index (χ4v) is 1.37. The van der Waals surface area contributed by atoms with Crippen molar-refractivity contribution in [3.63, 3.8) is 0 Å². The first kappa shape index (κ1) is 20.0. The number of ether oxygens (including phenoxy) is 2. The number of carbonyl (C=O) groups excluding carboxylic acids is 2. The van der Waals surface area contributed by atoms with E-state index in [-0.39, 0.29) is 12.8 Å². The van der Waals surface area contributed by atoms with Gasteiger partial charge in [0, 0.05) is 13.1 Å². The van der Waals surface area contributed by atoms with Crippen LogP contribution in [0.3, 0.4) is 0 Å². The second-order valence-corrected chi connectivity index (χ2v) is 6.65. The van der Waals surface area contributed by atoms with E-state index in [4.69, 9.17) is 9.47 Å². The predicted octanol–water partition coefficient (Wildman–Crippen LogP) is 2.39. The minimum Gasteiger partial charge on any atom is -0.460 e. The summed E-state index contributed by atoms with van der Waals surface area (Å²) in [4.78, 5) is 23.8. The van der Waals surface area contributed by atoms with E-state index >= 15 is 0 Å². The van der Waals surface area contributed by atoms with E-state index in [9.17, 15) is 9.59 Å². The van der Waals surface area contributed by atoms with Gasteiger partial charge in [-0.2, -0.15) is 15.8 Å². The Balaban J connectivity index is 4.70. The Labute approximate surface area is 131 Å². The number of rotatable bonds is 7. The SMILES string of the molecule is C=NNN=N[C@@H](CCC(=O)OC(C)(C)C)C(=O)OC(C)(C)C. The molecule has 0 rings (SSSR count). The lowest BCUT2D eigenvalue weighted by atomic mass is 10.1. The molecule has 1 atom stereocenters. The van der Waals surface area contributed by atoms with Crippen LogP contribution in [0.5, 0.6) is 0 Å². The summed E-state index contributed by atoms with van der Waals surface area (Å²) in [5, 5.41) is 10.5. The number of nitrogens with one attached hydrogen (secondary N) is 1. The fourth-order valence-electron chi connectivity index (χ4n) is 1.37. The highest BCUT2D eigenvalue weighted by Crippen LogP contribution is 2.15. The lowest BCUT2D eigenvalue weighted by molar-refractivity contribution is -0.158. The standard InChI is InChI=1S/C14H26N4O4/c1-13(2,3)21-11(19)9-8-10(16-18-17-15-7)12(20)22-14(4,5)6/h10H,7-9H2,1-6H3,(H,16,17)/t10-/m0/s1. The first-order valence-electron chi connectivity index (χ1n) is 7.00. The molecule has 0 saturated heterocycles. The van der Waals surface area contributed by atoms with Crippen molar-refractivity contribution in [1.82, 2.24) is 5.53 Å². The van der Waals surface area contributed by atoms with Gasteiger partial charge in [0.1, 0.15) is 11.2 Å². The van der Waals surface area contributed by atoms with E-state index in [0.29, 0.717) is 0 Å². The lowest BCUT2D eigenvalue weighted by Crippen LogP contribution is -2.32. The summed E-state index contributed by atoms with van der Waals surface area (Å²) >= 11 is 0. The number of hydrogen-bond donors (Lipinski definition) is 1. The van der Waals surface area contributed by atoms with Crippen LogP contribution in [-0.4, -0.2) is 35.9 Å². The van der Waals surface area contributed by atoms with Crippen molar-refractivity contribution in [2.45, 2.75) is 71.6 Å². The Morgan fingerprint density at radius 3 is 2.09 bits per heavy atom. The molecule has 0 fully saturated rings. The Morgan fingerprint density at radius 1 is 1.09 bits per heavy atom. The third kappa shape index (κ3) is 10.8. The molecule has 126 valence electrons. The maximum atomic E-state index is 12.0. The summed E-state index contributed by atoms with van der Waals surface area (Å²) in [5.41, 5.74) is 0.944. The summed E-state index contributed by atoms with van der Waals surface area (Å²) in [5.74, 6) is -0.975. The van der Waals surface area contributed by atoms with Gasteiger partial charge in [-0.15, -0.1) is 0 Å². The molecule has 0 amide bonds. The first-order chi connectivity index (χ1) is 9.94. The highest BCUT2D eigenvalue weighted by atomic mass is 16.6. The Morgan fingerprint density at radius 2 is 1.64 bits per heavy atom. The number of nitrogens with zero attached hydrogens (tertiary/aromatic N) is 3. The molecular formula is C14H26N4O4. The van der Waals surface area contributed by atoms with E-state index in [1.165, 1.54) is 0 Å². The summed E-state index contributed by atoms with van der Waals surface area (Å²) in [6, 6.07) is -0.916. The second kappa shape index (κ2) is 8.45. The molecule has 0 aliphatic heterocycles. The zero-order valence-corrected chi connectivity index (χ0v) is 14.2. The molecule has 0 saturated carbocycles. The quantitative estimate of drug-likeness (QED) is 0.336. The molecule has 0 aliphatic carbocycles. The number of esters is 2. The minimum atomic E-state index is -0.916. The number of hydrogen-bond acceptors (Lipinski definition) is 7. The molecule has 0 aromatic carbocycles. The van der Waals surface area contributed by atoms with Gasteiger partial charge in [0.15, 0.2) is 6.04 Å². The third-order valence-corrected chi connectivity index (χ3v) is 2.03. The van der Waals surface area contributed by atoms with Gasteiger partial charge in [0.2, 0.25) is 0 Å². The number of carbonyl (C=O) groups is 2. The summed E-state index contributed by atoms with van der Waals surface area (Å²) < 4.78 is 10.4. The van der Waals surface area contributed by atoms with Crippen molar-refractivity contribution in [2.24, 2.45) is 15.4 Å². The van der Waals surface area contributed by atoms with Crippen LogP contribution in [0.2, 0.25) is 0 Å². The molecule has 22 heavy (non-hydrogen) atoms. The predicted molar refractivity (Wildman–Crippen MR) is 82.3 cm³/mol. The Kier molecular flexibility index (Phi) is 7.69. The third-order valence-electron chi connectivity index (χ3n) is 2.03. The molecular weight excluding hydrogens is 288 g/mol. The van der Waals surface area contributed by atoms with Crippen LogP contribution in [-0.2, 0) is 19.1 Å². The highest BCUT2D eigenvalue weighted by molar-refractivity contribution is 5.77. The van der Waals surface area contributed by atoms with Crippen LogP contribution in [0.25, 0.3) is 0 Å². The highest BCUT2D eigenvalue weighted by Gasteiger charge is 2.27. The number of hydrazone groups is 1. The zero-order valence-electron chi connectivity index (χ0n) is 14.2. The Hall–Kier alpha value is -1.99. The topological polar surface area (TPSA) is 102 Å². The smallest absolute Gasteiger partial charge is 0.333 e. The molecule has 0 heterocycles. The van der Waals surface area contributed by atoms with E-state index in [2.05, 4.69) is 27.7 Å². The molecule has 0 aromatic heterocycles. The van der Waals surface area contributed by atoms with Crippen LogP contribution in [0, 0.1) is 0 Å². The van der Waals surface area contributed by atoms with Crippen molar-refractivity contribution in [3.05, 3.63) is 0 Å². The maximum absolute atomic E-state index is 12.0. The molecule has 0 spiro atoms. The Bertz CT molecular complexity index is 422. The minimum absolute atomic E-state index is 0.0295. The van der Waals surface area contributed by atoms with Gasteiger partial charge >= 0.3 is 11.9 Å². The molecule has 0 bridgehead atoms. The average Bonchev–Trinajstić information content (AvgIpc) is 2.28. The van der Waals surface area contributed by atoms with Crippen LogP contribution in [0.15, 0.2) is 15.4 Å². The molecule has 0 unspecified atom stereocenters. The average molecular weight is 314 g/mol. The van der Waals surface area contributed by atoms with Crippen LogP contribution in [0.1, 0.15) is 54.4 Å². The fraction of sp³-hybridized carbons (Fsp3) is 0.786. The van der Waals surface area contributed by atoms with E-state index in [1.54, 1.807) is 41.5 Å². The maximum Gasteiger partial charge on any atom is 0.333 e. The van der Waals surface area contributed by atoms with Gasteiger partial charge in [-0.05, 0) is 48.0 Å². The molecule has 0 aliphatic rings. The summed E-state index contributed by atoms with van der Waals surface area (Å²) in [6.07, 6.45) is 0.161. The monoisotopic (exact) mass is 314 g/mol. The van der Waals surface area contributed by atoms with Crippen molar-refractivity contribution >= 4 is 18.7 Å². The second-order valence-electron chi connectivity index (χ2n) is 6.65. The largest absolute Gasteiger partial charge is 0.460 e. The van der Waals surface area contributed by atoms with Crippen LogP contribution >= 0.6 is 0 Å². The lowest BCUT2D eigenvalue weighted by Gasteiger charge is -2.22. The molecule has 0 aromatic rings. The van der Waals surface area contributed by atoms with E-state index in [1.807, 2.05) is 0 Å². The van der Waals surface area contributed by atoms with Gasteiger partial charge in [-0.25, -0.2) is 4.79 Å². The molecule has 0 radical (unpaired) electrons. The van der Waals surface area contributed by atoms with Crippen LogP contribution < -0.4 is 5.53 Å². The molecule has 8 heteroatoms. The van der Waals surface area contributed by atoms with Gasteiger partial charge < -0.3 is 9.47 Å². The molecule has 1 N–H and O–H groups in total. The van der Waals surface area contributed by atoms with Gasteiger partial charge in [-0.1, -0.05) is 5.22 Å². The summed E-state index contributed by atoms with van der Waals surface area (Å²) in [7, 11) is 0. The van der Waals surface area contributed by atoms with E-state index in [0.717, 1.165) is 0 Å². The van der Waals surface area contributed by atoms with Crippen molar-refractivity contribution in [1.29, 1.82) is 0 Å². The van der Waals surface area contributed by atoms with E-state index < -0.39 is 29.2 Å². The van der Waals surface area contributed by atoms with Crippen molar-refractivity contribution < 1.29 is 19.1 Å². The molecule has 8 nitrogen and oxygen atoms in total. The normalized spacial score (nSPS) is 13.5. The summed E-state index contributed by atoms with van der Waals surface area (Å²) in [6.45, 7) is 13.7. The van der Waals surface area contributed by atoms with Crippen LogP contribution in [0.4, 0.5) is 0 Å². The van der Waals surface area contributed by atoms with Gasteiger partial charge in [0.05, 0.1) is 0 Å². The van der Waals surface area contributed by atoms with Crippen molar-refractivity contribution in [3.8, 4) is 0 Å². The van der Waals surface area contributed by atoms with Crippen molar-refractivity contribution in [2.75, 3.05) is 0 Å². The first-order valence-corrected chi connectivity index (χ1v) is 7.00. The van der Waals surface area contributed by atoms with Gasteiger partial charge in [-0.3, -0.25) is 4.79 Å².